The van der Waals surface area contributed by atoms with Crippen LogP contribution in [0.4, 0.5) is 11.5 Å². The highest BCUT2D eigenvalue weighted by molar-refractivity contribution is 5.93. The predicted molar refractivity (Wildman–Crippen MR) is 75.7 cm³/mol. The number of rotatable bonds is 4. The Kier molecular flexibility index (Phi) is 3.40. The molecule has 0 bridgehead atoms. The Bertz CT molecular complexity index is 447. The van der Waals surface area contributed by atoms with Gasteiger partial charge in [-0.1, -0.05) is 12.8 Å². The van der Waals surface area contributed by atoms with Crippen molar-refractivity contribution in [2.75, 3.05) is 10.6 Å². The monoisotopic (exact) mass is 259 g/mol. The van der Waals surface area contributed by atoms with Crippen molar-refractivity contribution in [1.29, 1.82) is 0 Å². The number of nitrogens with two attached hydrogens (primary N) is 1. The van der Waals surface area contributed by atoms with Crippen LogP contribution in [0.1, 0.15) is 44.9 Å². The van der Waals surface area contributed by atoms with Crippen LogP contribution < -0.4 is 10.6 Å². The first-order valence-electron chi connectivity index (χ1n) is 7.27. The van der Waals surface area contributed by atoms with E-state index in [0.29, 0.717) is 24.1 Å². The molecule has 0 aliphatic heterocycles. The Balaban J connectivity index is 1.72. The quantitative estimate of drug-likeness (QED) is 0.904. The van der Waals surface area contributed by atoms with Crippen LogP contribution in [0.5, 0.6) is 0 Å². The number of carbonyl (C=O) groups excluding carboxylic acids is 1. The van der Waals surface area contributed by atoms with Crippen molar-refractivity contribution in [3.8, 4) is 0 Å². The van der Waals surface area contributed by atoms with Gasteiger partial charge in [-0.05, 0) is 43.7 Å². The van der Waals surface area contributed by atoms with E-state index in [2.05, 4.69) is 4.98 Å². The average molecular weight is 259 g/mol. The predicted octanol–water partition coefficient (Wildman–Crippen LogP) is 2.74. The topological polar surface area (TPSA) is 59.2 Å². The molecule has 0 atom stereocenters. The Labute approximate surface area is 114 Å². The first kappa shape index (κ1) is 12.5. The van der Waals surface area contributed by atoms with E-state index in [1.54, 1.807) is 6.20 Å². The minimum absolute atomic E-state index is 0.242. The van der Waals surface area contributed by atoms with Gasteiger partial charge >= 0.3 is 0 Å². The molecule has 2 saturated carbocycles. The molecule has 2 aliphatic rings. The van der Waals surface area contributed by atoms with Gasteiger partial charge in [-0.3, -0.25) is 9.69 Å². The summed E-state index contributed by atoms with van der Waals surface area (Å²) in [5, 5.41) is 0. The van der Waals surface area contributed by atoms with Gasteiger partial charge in [0.25, 0.3) is 0 Å². The first-order chi connectivity index (χ1) is 9.24. The maximum Gasteiger partial charge on any atom is 0.228 e. The summed E-state index contributed by atoms with van der Waals surface area (Å²) in [5.74, 6) is 1.59. The molecule has 3 rings (SSSR count). The van der Waals surface area contributed by atoms with Crippen molar-refractivity contribution in [3.05, 3.63) is 18.3 Å². The van der Waals surface area contributed by atoms with Gasteiger partial charge in [0.1, 0.15) is 5.82 Å². The second-order valence-electron chi connectivity index (χ2n) is 5.80. The maximum atomic E-state index is 12.5. The van der Waals surface area contributed by atoms with Gasteiger partial charge in [0.2, 0.25) is 5.91 Å². The molecule has 1 aromatic rings. The number of aromatic nitrogens is 1. The smallest absolute Gasteiger partial charge is 0.228 e. The molecule has 2 fully saturated rings. The van der Waals surface area contributed by atoms with Crippen molar-refractivity contribution in [1.82, 2.24) is 4.98 Å². The number of nitrogens with zero attached hydrogens (tertiary/aromatic N) is 2. The zero-order valence-electron chi connectivity index (χ0n) is 11.2. The molecule has 4 heteroatoms. The zero-order chi connectivity index (χ0) is 13.2. The highest BCUT2D eigenvalue weighted by atomic mass is 16.2. The summed E-state index contributed by atoms with van der Waals surface area (Å²) >= 11 is 0. The molecule has 1 aromatic heterocycles. The van der Waals surface area contributed by atoms with E-state index in [-0.39, 0.29) is 5.91 Å². The Morgan fingerprint density at radius 3 is 2.58 bits per heavy atom. The second kappa shape index (κ2) is 5.19. The molecule has 19 heavy (non-hydrogen) atoms. The number of anilines is 2. The van der Waals surface area contributed by atoms with Crippen molar-refractivity contribution < 1.29 is 4.79 Å². The molecule has 102 valence electrons. The fourth-order valence-electron chi connectivity index (χ4n) is 2.95. The largest absolute Gasteiger partial charge is 0.397 e. The Morgan fingerprint density at radius 2 is 2.00 bits per heavy atom. The lowest BCUT2D eigenvalue weighted by atomic mass is 10.0. The highest BCUT2D eigenvalue weighted by Crippen LogP contribution is 2.34. The van der Waals surface area contributed by atoms with Crippen LogP contribution in [0.3, 0.4) is 0 Å². The van der Waals surface area contributed by atoms with E-state index in [4.69, 9.17) is 5.73 Å². The third kappa shape index (κ3) is 2.88. The van der Waals surface area contributed by atoms with Gasteiger partial charge in [-0.15, -0.1) is 0 Å². The fraction of sp³-hybridized carbons (Fsp3) is 0.600. The van der Waals surface area contributed by atoms with Gasteiger partial charge < -0.3 is 5.73 Å². The standard InChI is InChI=1S/C15H21N3O/c16-12-5-8-14(17-10-12)18(13-6-7-13)15(19)9-11-3-1-2-4-11/h5,8,10-11,13H,1-4,6-7,9,16H2. The lowest BCUT2D eigenvalue weighted by molar-refractivity contribution is -0.119. The normalized spacial score (nSPS) is 19.6. The van der Waals surface area contributed by atoms with Gasteiger partial charge in [0.05, 0.1) is 11.9 Å². The van der Waals surface area contributed by atoms with Crippen LogP contribution >= 0.6 is 0 Å². The second-order valence-corrected chi connectivity index (χ2v) is 5.80. The molecular weight excluding hydrogens is 238 g/mol. The van der Waals surface area contributed by atoms with E-state index in [9.17, 15) is 4.79 Å². The summed E-state index contributed by atoms with van der Waals surface area (Å²) in [6.07, 6.45) is 9.49. The summed E-state index contributed by atoms with van der Waals surface area (Å²) in [5.41, 5.74) is 6.30. The average Bonchev–Trinajstić information content (AvgIpc) is 3.09. The zero-order valence-corrected chi connectivity index (χ0v) is 11.2. The molecule has 0 aromatic carbocycles. The van der Waals surface area contributed by atoms with Crippen molar-refractivity contribution >= 4 is 17.4 Å². The summed E-state index contributed by atoms with van der Waals surface area (Å²) in [6, 6.07) is 4.05. The Morgan fingerprint density at radius 1 is 1.26 bits per heavy atom. The number of carbonyl (C=O) groups is 1. The number of hydrogen-bond donors (Lipinski definition) is 1. The van der Waals surface area contributed by atoms with Gasteiger partial charge in [0, 0.05) is 12.5 Å². The molecule has 0 spiro atoms. The summed E-state index contributed by atoms with van der Waals surface area (Å²) in [7, 11) is 0. The molecule has 1 amide bonds. The van der Waals surface area contributed by atoms with Crippen LogP contribution in [0.25, 0.3) is 0 Å². The van der Waals surface area contributed by atoms with E-state index < -0.39 is 0 Å². The first-order valence-corrected chi connectivity index (χ1v) is 7.27. The van der Waals surface area contributed by atoms with Gasteiger partial charge in [-0.25, -0.2) is 4.98 Å². The van der Waals surface area contributed by atoms with E-state index >= 15 is 0 Å². The Hall–Kier alpha value is -1.58. The molecule has 4 nitrogen and oxygen atoms in total. The van der Waals surface area contributed by atoms with Crippen LogP contribution in [0, 0.1) is 5.92 Å². The third-order valence-corrected chi connectivity index (χ3v) is 4.14. The lowest BCUT2D eigenvalue weighted by Gasteiger charge is -2.23. The minimum Gasteiger partial charge on any atom is -0.397 e. The van der Waals surface area contributed by atoms with Crippen molar-refractivity contribution in [3.63, 3.8) is 0 Å². The van der Waals surface area contributed by atoms with Crippen LogP contribution in [0.15, 0.2) is 18.3 Å². The molecule has 0 unspecified atom stereocenters. The summed E-state index contributed by atoms with van der Waals surface area (Å²) < 4.78 is 0. The molecule has 2 N–H and O–H groups in total. The van der Waals surface area contributed by atoms with E-state index in [0.717, 1.165) is 18.7 Å². The SMILES string of the molecule is Nc1ccc(N(C(=O)CC2CCCC2)C2CC2)nc1. The molecule has 1 heterocycles. The van der Waals surface area contributed by atoms with E-state index in [1.165, 1.54) is 25.7 Å². The van der Waals surface area contributed by atoms with Gasteiger partial charge in [-0.2, -0.15) is 0 Å². The van der Waals surface area contributed by atoms with Crippen LogP contribution in [-0.4, -0.2) is 16.9 Å². The van der Waals surface area contributed by atoms with Crippen molar-refractivity contribution in [2.24, 2.45) is 5.92 Å². The van der Waals surface area contributed by atoms with E-state index in [1.807, 2.05) is 17.0 Å². The minimum atomic E-state index is 0.242. The highest BCUT2D eigenvalue weighted by Gasteiger charge is 2.35. The van der Waals surface area contributed by atoms with Crippen LogP contribution in [0.2, 0.25) is 0 Å². The molecule has 0 radical (unpaired) electrons. The summed E-state index contributed by atoms with van der Waals surface area (Å²) in [4.78, 5) is 18.7. The fourth-order valence-corrected chi connectivity index (χ4v) is 2.95. The number of pyridine rings is 1. The van der Waals surface area contributed by atoms with Crippen LogP contribution in [-0.2, 0) is 4.79 Å². The molecule has 2 aliphatic carbocycles. The third-order valence-electron chi connectivity index (χ3n) is 4.14. The lowest BCUT2D eigenvalue weighted by Crippen LogP contribution is -2.34. The number of nitrogen functional groups attached to an aromatic ring is 1. The van der Waals surface area contributed by atoms with Gasteiger partial charge in [0.15, 0.2) is 0 Å². The molecular formula is C15H21N3O. The summed E-state index contributed by atoms with van der Waals surface area (Å²) in [6.45, 7) is 0. The number of hydrogen-bond acceptors (Lipinski definition) is 3. The maximum absolute atomic E-state index is 12.5. The molecule has 0 saturated heterocycles. The number of amides is 1. The van der Waals surface area contributed by atoms with Crippen molar-refractivity contribution in [2.45, 2.75) is 51.0 Å².